The van der Waals surface area contributed by atoms with Crippen LogP contribution in [-0.4, -0.2) is 20.8 Å². The Labute approximate surface area is 120 Å². The van der Waals surface area contributed by atoms with E-state index < -0.39 is 0 Å². The van der Waals surface area contributed by atoms with Gasteiger partial charge in [-0.1, -0.05) is 36.4 Å². The van der Waals surface area contributed by atoms with Gasteiger partial charge in [-0.3, -0.25) is 0 Å². The first-order valence-corrected chi connectivity index (χ1v) is 6.79. The maximum Gasteiger partial charge on any atom is 0.125 e. The van der Waals surface area contributed by atoms with Crippen LogP contribution in [0.3, 0.4) is 0 Å². The minimum absolute atomic E-state index is 0.822. The molecule has 0 atom stereocenters. The zero-order chi connectivity index (χ0) is 14.2. The maximum absolute atomic E-state index is 5.40. The van der Waals surface area contributed by atoms with Gasteiger partial charge in [-0.25, -0.2) is 0 Å². The van der Waals surface area contributed by atoms with E-state index in [0.717, 1.165) is 31.0 Å². The van der Waals surface area contributed by atoms with Gasteiger partial charge in [0.15, 0.2) is 0 Å². The number of nitrogens with one attached hydrogen (secondary N) is 1. The first-order chi connectivity index (χ1) is 9.83. The Hall–Kier alpha value is -2.00. The molecule has 0 aliphatic rings. The lowest BCUT2D eigenvalue weighted by atomic mass is 10.1. The Bertz CT molecular complexity index is 526. The van der Waals surface area contributed by atoms with E-state index in [1.807, 2.05) is 18.2 Å². The minimum Gasteiger partial charge on any atom is -0.497 e. The van der Waals surface area contributed by atoms with Crippen LogP contribution in [0.2, 0.25) is 0 Å². The molecule has 0 spiro atoms. The highest BCUT2D eigenvalue weighted by Crippen LogP contribution is 2.24. The van der Waals surface area contributed by atoms with Crippen LogP contribution >= 0.6 is 0 Å². The van der Waals surface area contributed by atoms with E-state index in [9.17, 15) is 0 Å². The second-order valence-electron chi connectivity index (χ2n) is 4.59. The molecule has 2 aromatic carbocycles. The zero-order valence-electron chi connectivity index (χ0n) is 12.1. The second-order valence-corrected chi connectivity index (χ2v) is 4.59. The number of hydrogen-bond donors (Lipinski definition) is 1. The Morgan fingerprint density at radius 1 is 0.950 bits per heavy atom. The van der Waals surface area contributed by atoms with Gasteiger partial charge < -0.3 is 14.8 Å². The van der Waals surface area contributed by atoms with Crippen LogP contribution in [0.1, 0.15) is 11.1 Å². The van der Waals surface area contributed by atoms with Gasteiger partial charge in [0, 0.05) is 12.6 Å². The van der Waals surface area contributed by atoms with Crippen LogP contribution in [0.25, 0.3) is 0 Å². The Morgan fingerprint density at radius 3 is 2.45 bits per heavy atom. The molecule has 0 amide bonds. The SMILES string of the molecule is COc1ccc(CCNCc2ccccc2)c(OC)c1. The predicted molar refractivity (Wildman–Crippen MR) is 81.4 cm³/mol. The molecular formula is C17H21NO2. The van der Waals surface area contributed by atoms with E-state index in [1.54, 1.807) is 14.2 Å². The van der Waals surface area contributed by atoms with Crippen LogP contribution in [0.4, 0.5) is 0 Å². The van der Waals surface area contributed by atoms with Crippen molar-refractivity contribution in [2.24, 2.45) is 0 Å². The summed E-state index contributed by atoms with van der Waals surface area (Å²) in [4.78, 5) is 0. The fourth-order valence-electron chi connectivity index (χ4n) is 2.11. The van der Waals surface area contributed by atoms with Crippen LogP contribution in [-0.2, 0) is 13.0 Å². The summed E-state index contributed by atoms with van der Waals surface area (Å²) in [5.41, 5.74) is 2.49. The molecule has 3 heteroatoms. The standard InChI is InChI=1S/C17H21NO2/c1-19-16-9-8-15(17(12-16)20-2)10-11-18-13-14-6-4-3-5-7-14/h3-9,12,18H,10-11,13H2,1-2H3. The summed E-state index contributed by atoms with van der Waals surface area (Å²) in [6.45, 7) is 1.80. The number of rotatable bonds is 7. The van der Waals surface area contributed by atoms with Crippen LogP contribution < -0.4 is 14.8 Å². The lowest BCUT2D eigenvalue weighted by Gasteiger charge is -2.11. The molecule has 20 heavy (non-hydrogen) atoms. The Balaban J connectivity index is 1.85. The molecule has 106 valence electrons. The molecule has 0 bridgehead atoms. The number of benzene rings is 2. The lowest BCUT2D eigenvalue weighted by molar-refractivity contribution is 0.390. The van der Waals surface area contributed by atoms with E-state index in [2.05, 4.69) is 35.6 Å². The Morgan fingerprint density at radius 2 is 1.75 bits per heavy atom. The van der Waals surface area contributed by atoms with Crippen molar-refractivity contribution >= 4 is 0 Å². The molecule has 2 aromatic rings. The molecule has 0 saturated carbocycles. The van der Waals surface area contributed by atoms with E-state index in [1.165, 1.54) is 11.1 Å². The third-order valence-corrected chi connectivity index (χ3v) is 3.24. The summed E-state index contributed by atoms with van der Waals surface area (Å²) in [6, 6.07) is 16.4. The zero-order valence-corrected chi connectivity index (χ0v) is 12.1. The highest BCUT2D eigenvalue weighted by atomic mass is 16.5. The summed E-state index contributed by atoms with van der Waals surface area (Å²) in [5, 5.41) is 3.44. The van der Waals surface area contributed by atoms with Gasteiger partial charge in [0.05, 0.1) is 14.2 Å². The first-order valence-electron chi connectivity index (χ1n) is 6.79. The van der Waals surface area contributed by atoms with E-state index >= 15 is 0 Å². The molecule has 0 aliphatic carbocycles. The molecular weight excluding hydrogens is 250 g/mol. The van der Waals surface area contributed by atoms with Crippen LogP contribution in [0, 0.1) is 0 Å². The molecule has 0 aliphatic heterocycles. The van der Waals surface area contributed by atoms with Crippen LogP contribution in [0.15, 0.2) is 48.5 Å². The average Bonchev–Trinajstić information content (AvgIpc) is 2.52. The fraction of sp³-hybridized carbons (Fsp3) is 0.294. The molecule has 3 nitrogen and oxygen atoms in total. The average molecular weight is 271 g/mol. The van der Waals surface area contributed by atoms with Gasteiger partial charge in [-0.2, -0.15) is 0 Å². The van der Waals surface area contributed by atoms with Gasteiger partial charge in [-0.05, 0) is 30.2 Å². The monoisotopic (exact) mass is 271 g/mol. The molecule has 0 aromatic heterocycles. The number of ether oxygens (including phenoxy) is 2. The third-order valence-electron chi connectivity index (χ3n) is 3.24. The molecule has 0 saturated heterocycles. The summed E-state index contributed by atoms with van der Waals surface area (Å²) >= 11 is 0. The van der Waals surface area contributed by atoms with Crippen molar-refractivity contribution in [3.8, 4) is 11.5 Å². The van der Waals surface area contributed by atoms with Crippen molar-refractivity contribution < 1.29 is 9.47 Å². The number of hydrogen-bond acceptors (Lipinski definition) is 3. The Kier molecular flexibility index (Phi) is 5.44. The fourth-order valence-corrected chi connectivity index (χ4v) is 2.11. The predicted octanol–water partition coefficient (Wildman–Crippen LogP) is 3.04. The van der Waals surface area contributed by atoms with E-state index in [-0.39, 0.29) is 0 Å². The second kappa shape index (κ2) is 7.56. The smallest absolute Gasteiger partial charge is 0.125 e. The summed E-state index contributed by atoms with van der Waals surface area (Å²) in [6.07, 6.45) is 0.931. The quantitative estimate of drug-likeness (QED) is 0.785. The van der Waals surface area contributed by atoms with Crippen molar-refractivity contribution in [2.75, 3.05) is 20.8 Å². The maximum atomic E-state index is 5.40. The van der Waals surface area contributed by atoms with Gasteiger partial charge in [0.25, 0.3) is 0 Å². The largest absolute Gasteiger partial charge is 0.497 e. The van der Waals surface area contributed by atoms with E-state index in [4.69, 9.17) is 9.47 Å². The van der Waals surface area contributed by atoms with Gasteiger partial charge in [0.1, 0.15) is 11.5 Å². The molecule has 1 N–H and O–H groups in total. The van der Waals surface area contributed by atoms with Crippen LogP contribution in [0.5, 0.6) is 11.5 Å². The van der Waals surface area contributed by atoms with Crippen molar-refractivity contribution in [1.82, 2.24) is 5.32 Å². The van der Waals surface area contributed by atoms with Crippen molar-refractivity contribution in [2.45, 2.75) is 13.0 Å². The van der Waals surface area contributed by atoms with Gasteiger partial charge in [-0.15, -0.1) is 0 Å². The van der Waals surface area contributed by atoms with E-state index in [0.29, 0.717) is 0 Å². The lowest BCUT2D eigenvalue weighted by Crippen LogP contribution is -2.16. The summed E-state index contributed by atoms with van der Waals surface area (Å²) < 4.78 is 10.6. The number of methoxy groups -OCH3 is 2. The first kappa shape index (κ1) is 14.4. The molecule has 0 heterocycles. The van der Waals surface area contributed by atoms with Gasteiger partial charge in [0.2, 0.25) is 0 Å². The molecule has 0 unspecified atom stereocenters. The highest BCUT2D eigenvalue weighted by molar-refractivity contribution is 5.40. The molecule has 2 rings (SSSR count). The van der Waals surface area contributed by atoms with Crippen molar-refractivity contribution in [3.63, 3.8) is 0 Å². The third kappa shape index (κ3) is 4.00. The summed E-state index contributed by atoms with van der Waals surface area (Å²) in [7, 11) is 3.35. The molecule has 0 fully saturated rings. The minimum atomic E-state index is 0.822. The molecule has 0 radical (unpaired) electrons. The normalized spacial score (nSPS) is 10.3. The van der Waals surface area contributed by atoms with Gasteiger partial charge >= 0.3 is 0 Å². The van der Waals surface area contributed by atoms with Crippen molar-refractivity contribution in [1.29, 1.82) is 0 Å². The summed E-state index contributed by atoms with van der Waals surface area (Å²) in [5.74, 6) is 1.70. The topological polar surface area (TPSA) is 30.5 Å². The van der Waals surface area contributed by atoms with Crippen molar-refractivity contribution in [3.05, 3.63) is 59.7 Å². The highest BCUT2D eigenvalue weighted by Gasteiger charge is 2.04.